The van der Waals surface area contributed by atoms with Crippen LogP contribution in [0.25, 0.3) is 0 Å². The maximum absolute atomic E-state index is 10.6. The highest BCUT2D eigenvalue weighted by Crippen LogP contribution is 2.28. The van der Waals surface area contributed by atoms with E-state index in [4.69, 9.17) is 16.7 Å². The van der Waals surface area contributed by atoms with Crippen molar-refractivity contribution in [2.75, 3.05) is 0 Å². The third-order valence-corrected chi connectivity index (χ3v) is 2.81. The van der Waals surface area contributed by atoms with Gasteiger partial charge in [0.25, 0.3) is 0 Å². The molecule has 0 saturated heterocycles. The number of rotatable bonds is 5. The molecule has 86 valence electrons. The fraction of sp³-hybridized carbons (Fsp3) is 0.200. The summed E-state index contributed by atoms with van der Waals surface area (Å²) >= 11 is 9.21. The van der Waals surface area contributed by atoms with Crippen LogP contribution in [0.5, 0.6) is 0 Å². The summed E-state index contributed by atoms with van der Waals surface area (Å²) in [7, 11) is 0. The molecule has 1 aromatic carbocycles. The molecule has 1 amide bonds. The van der Waals surface area contributed by atoms with E-state index in [9.17, 15) is 9.59 Å². The van der Waals surface area contributed by atoms with Gasteiger partial charge in [-0.2, -0.15) is 0 Å². The van der Waals surface area contributed by atoms with Gasteiger partial charge in [0, 0.05) is 9.50 Å². The van der Waals surface area contributed by atoms with Gasteiger partial charge in [0.05, 0.1) is 12.5 Å². The Bertz CT molecular complexity index is 411. The predicted molar refractivity (Wildman–Crippen MR) is 63.3 cm³/mol. The molecule has 1 unspecified atom stereocenters. The maximum atomic E-state index is 10.6. The van der Waals surface area contributed by atoms with E-state index in [1.807, 2.05) is 0 Å². The molecule has 0 fully saturated rings. The van der Waals surface area contributed by atoms with Gasteiger partial charge in [0.2, 0.25) is 6.41 Å². The molecule has 4 nitrogen and oxygen atoms in total. The molecule has 0 saturated carbocycles. The summed E-state index contributed by atoms with van der Waals surface area (Å²) in [6.07, 6.45) is 0.256. The molecular formula is C10H9BrClNO3. The summed E-state index contributed by atoms with van der Waals surface area (Å²) in [5.74, 6) is -1.00. The molecule has 0 heterocycles. The molecule has 16 heavy (non-hydrogen) atoms. The van der Waals surface area contributed by atoms with Crippen LogP contribution >= 0.6 is 27.5 Å². The second-order valence-electron chi connectivity index (χ2n) is 3.10. The lowest BCUT2D eigenvalue weighted by Crippen LogP contribution is -2.22. The minimum atomic E-state index is -1.00. The minimum Gasteiger partial charge on any atom is -0.481 e. The monoisotopic (exact) mass is 305 g/mol. The lowest BCUT2D eigenvalue weighted by atomic mass is 10.0. The van der Waals surface area contributed by atoms with Gasteiger partial charge in [-0.15, -0.1) is 0 Å². The van der Waals surface area contributed by atoms with E-state index in [0.717, 1.165) is 4.47 Å². The largest absolute Gasteiger partial charge is 0.481 e. The summed E-state index contributed by atoms with van der Waals surface area (Å²) in [6.45, 7) is 0. The molecule has 1 atom stereocenters. The Hall–Kier alpha value is -1.07. The van der Waals surface area contributed by atoms with Crippen molar-refractivity contribution in [3.63, 3.8) is 0 Å². The van der Waals surface area contributed by atoms with E-state index in [1.165, 1.54) is 0 Å². The summed E-state index contributed by atoms with van der Waals surface area (Å²) in [4.78, 5) is 21.0. The van der Waals surface area contributed by atoms with Gasteiger partial charge in [-0.25, -0.2) is 0 Å². The molecule has 0 aliphatic carbocycles. The topological polar surface area (TPSA) is 66.4 Å². The molecule has 0 aliphatic heterocycles. The van der Waals surface area contributed by atoms with E-state index in [-0.39, 0.29) is 6.42 Å². The lowest BCUT2D eigenvalue weighted by molar-refractivity contribution is -0.137. The highest BCUT2D eigenvalue weighted by Gasteiger charge is 2.17. The van der Waals surface area contributed by atoms with Crippen LogP contribution in [-0.4, -0.2) is 17.5 Å². The zero-order chi connectivity index (χ0) is 12.1. The molecule has 0 spiro atoms. The van der Waals surface area contributed by atoms with Gasteiger partial charge in [-0.05, 0) is 17.7 Å². The van der Waals surface area contributed by atoms with Crippen LogP contribution < -0.4 is 5.32 Å². The Labute approximate surface area is 106 Å². The van der Waals surface area contributed by atoms with Gasteiger partial charge in [0.15, 0.2) is 0 Å². The number of halogens is 2. The fourth-order valence-corrected chi connectivity index (χ4v) is 2.10. The number of carbonyl (C=O) groups excluding carboxylic acids is 1. The Morgan fingerprint density at radius 2 is 2.31 bits per heavy atom. The SMILES string of the molecule is O=CNC(CC(=O)O)c1ccc(Br)cc1Cl. The zero-order valence-corrected chi connectivity index (χ0v) is 10.5. The highest BCUT2D eigenvalue weighted by atomic mass is 79.9. The van der Waals surface area contributed by atoms with Crippen LogP contribution in [0.2, 0.25) is 5.02 Å². The van der Waals surface area contributed by atoms with Crippen molar-refractivity contribution in [1.29, 1.82) is 0 Å². The van der Waals surface area contributed by atoms with Gasteiger partial charge >= 0.3 is 5.97 Å². The molecule has 0 bridgehead atoms. The number of hydrogen-bond acceptors (Lipinski definition) is 2. The fourth-order valence-electron chi connectivity index (χ4n) is 1.30. The highest BCUT2D eigenvalue weighted by molar-refractivity contribution is 9.10. The first-order valence-electron chi connectivity index (χ1n) is 4.41. The second-order valence-corrected chi connectivity index (χ2v) is 4.42. The molecule has 0 aromatic heterocycles. The van der Waals surface area contributed by atoms with Crippen LogP contribution in [0.3, 0.4) is 0 Å². The summed E-state index contributed by atoms with van der Waals surface area (Å²) in [6, 6.07) is 4.45. The quantitative estimate of drug-likeness (QED) is 0.821. The standard InChI is InChI=1S/C10H9BrClNO3/c11-6-1-2-7(8(12)3-6)9(13-5-14)4-10(15)16/h1-3,5,9H,4H2,(H,13,14)(H,15,16). The van der Waals surface area contributed by atoms with E-state index >= 15 is 0 Å². The van der Waals surface area contributed by atoms with Crippen molar-refractivity contribution < 1.29 is 14.7 Å². The Balaban J connectivity index is 3.00. The van der Waals surface area contributed by atoms with Crippen molar-refractivity contribution in [3.8, 4) is 0 Å². The summed E-state index contributed by atoms with van der Waals surface area (Å²) < 4.78 is 0.793. The molecule has 1 aromatic rings. The number of carboxylic acids is 1. The van der Waals surface area contributed by atoms with Crippen molar-refractivity contribution in [2.45, 2.75) is 12.5 Å². The van der Waals surface area contributed by atoms with E-state index in [1.54, 1.807) is 18.2 Å². The van der Waals surface area contributed by atoms with E-state index in [0.29, 0.717) is 17.0 Å². The number of carboxylic acid groups (broad SMARTS) is 1. The average molecular weight is 307 g/mol. The summed E-state index contributed by atoms with van der Waals surface area (Å²) in [5, 5.41) is 11.6. The van der Waals surface area contributed by atoms with Crippen LogP contribution in [0.1, 0.15) is 18.0 Å². The maximum Gasteiger partial charge on any atom is 0.305 e. The Morgan fingerprint density at radius 1 is 1.62 bits per heavy atom. The lowest BCUT2D eigenvalue weighted by Gasteiger charge is -2.15. The summed E-state index contributed by atoms with van der Waals surface area (Å²) in [5.41, 5.74) is 0.583. The number of benzene rings is 1. The van der Waals surface area contributed by atoms with Crippen LogP contribution in [-0.2, 0) is 9.59 Å². The third-order valence-electron chi connectivity index (χ3n) is 1.99. The first-order chi connectivity index (χ1) is 7.54. The molecule has 2 N–H and O–H groups in total. The Kier molecular flexibility index (Phi) is 4.76. The van der Waals surface area contributed by atoms with Gasteiger partial charge in [0.1, 0.15) is 0 Å². The number of hydrogen-bond donors (Lipinski definition) is 2. The van der Waals surface area contributed by atoms with Gasteiger partial charge < -0.3 is 10.4 Å². The van der Waals surface area contributed by atoms with Gasteiger partial charge in [-0.3, -0.25) is 9.59 Å². The Morgan fingerprint density at radius 3 is 2.81 bits per heavy atom. The minimum absolute atomic E-state index is 0.208. The molecule has 0 aliphatic rings. The molecular weight excluding hydrogens is 297 g/mol. The van der Waals surface area contributed by atoms with Gasteiger partial charge in [-0.1, -0.05) is 33.6 Å². The van der Waals surface area contributed by atoms with E-state index < -0.39 is 12.0 Å². The van der Waals surface area contributed by atoms with Crippen molar-refractivity contribution in [3.05, 3.63) is 33.3 Å². The van der Waals surface area contributed by atoms with Crippen molar-refractivity contribution >= 4 is 39.9 Å². The van der Waals surface area contributed by atoms with E-state index in [2.05, 4.69) is 21.2 Å². The second kappa shape index (κ2) is 5.86. The number of carbonyl (C=O) groups is 2. The average Bonchev–Trinajstić information content (AvgIpc) is 2.16. The van der Waals surface area contributed by atoms with Crippen molar-refractivity contribution in [2.24, 2.45) is 0 Å². The molecule has 0 radical (unpaired) electrons. The van der Waals surface area contributed by atoms with Crippen LogP contribution in [0, 0.1) is 0 Å². The predicted octanol–water partition coefficient (Wildman–Crippen LogP) is 2.36. The smallest absolute Gasteiger partial charge is 0.305 e. The van der Waals surface area contributed by atoms with Crippen LogP contribution in [0.4, 0.5) is 0 Å². The number of nitrogens with one attached hydrogen (secondary N) is 1. The third kappa shape index (κ3) is 3.50. The van der Waals surface area contributed by atoms with Crippen molar-refractivity contribution in [1.82, 2.24) is 5.32 Å². The van der Waals surface area contributed by atoms with Crippen LogP contribution in [0.15, 0.2) is 22.7 Å². The number of aliphatic carboxylic acids is 1. The molecule has 6 heteroatoms. The first-order valence-corrected chi connectivity index (χ1v) is 5.58. The first kappa shape index (κ1) is 13.0. The number of amides is 1. The molecule has 1 rings (SSSR count). The zero-order valence-electron chi connectivity index (χ0n) is 8.11. The normalized spacial score (nSPS) is 11.9.